The molecule has 3 aromatic rings. The monoisotopic (exact) mass is 692 g/mol. The summed E-state index contributed by atoms with van der Waals surface area (Å²) in [6.45, 7) is 24.0. The molecule has 222 valence electrons. The van der Waals surface area contributed by atoms with Crippen molar-refractivity contribution in [3.8, 4) is 11.1 Å². The minimum Gasteiger partial charge on any atom is -1.00 e. The maximum absolute atomic E-state index is 2.83. The van der Waals surface area contributed by atoms with Crippen LogP contribution in [0.25, 0.3) is 11.1 Å². The van der Waals surface area contributed by atoms with Gasteiger partial charge in [-0.2, -0.15) is 0 Å². The van der Waals surface area contributed by atoms with Crippen molar-refractivity contribution < 1.29 is 46.1 Å². The Morgan fingerprint density at radius 1 is 0.738 bits per heavy atom. The fraction of sp³-hybridized carbons (Fsp3) is 0.395. The number of hydrogen-bond acceptors (Lipinski definition) is 0. The van der Waals surface area contributed by atoms with Crippen LogP contribution < -0.4 is 24.8 Å². The summed E-state index contributed by atoms with van der Waals surface area (Å²) in [5.74, 6) is 0.554. The Balaban J connectivity index is 0.00000242. The molecular weight excluding hydrogens is 647 g/mol. The van der Waals surface area contributed by atoms with E-state index in [1.165, 1.54) is 27.8 Å². The quantitative estimate of drug-likeness (QED) is 0.349. The number of halogens is 2. The van der Waals surface area contributed by atoms with Crippen LogP contribution in [0.3, 0.4) is 0 Å². The molecule has 0 heterocycles. The summed E-state index contributed by atoms with van der Waals surface area (Å²) in [6.07, 6.45) is 6.39. The van der Waals surface area contributed by atoms with Crippen molar-refractivity contribution in [2.45, 2.75) is 89.0 Å². The molecule has 0 bridgehead atoms. The molecule has 0 N–H and O–H groups in total. The van der Waals surface area contributed by atoms with Crippen molar-refractivity contribution >= 4 is 11.8 Å². The number of allylic oxidation sites excluding steroid dienone is 4. The molecule has 2 aliphatic rings. The van der Waals surface area contributed by atoms with Gasteiger partial charge in [0.2, 0.25) is 0 Å². The molecule has 4 heteroatoms. The van der Waals surface area contributed by atoms with E-state index in [4.69, 9.17) is 0 Å². The van der Waals surface area contributed by atoms with E-state index in [1.54, 1.807) is 19.6 Å². The van der Waals surface area contributed by atoms with Gasteiger partial charge in [0.1, 0.15) is 0 Å². The van der Waals surface area contributed by atoms with E-state index >= 15 is 0 Å². The molecular formula is C38H48Cl2SiZr. The normalized spacial score (nSPS) is 16.7. The van der Waals surface area contributed by atoms with E-state index in [0.717, 1.165) is 6.42 Å². The summed E-state index contributed by atoms with van der Waals surface area (Å²) in [5, 5.41) is 1.66. The summed E-state index contributed by atoms with van der Waals surface area (Å²) in [6, 6.07) is 26.1. The summed E-state index contributed by atoms with van der Waals surface area (Å²) in [4.78, 5) is 0. The maximum atomic E-state index is 2.83. The molecule has 0 aliphatic heterocycles. The van der Waals surface area contributed by atoms with E-state index in [2.05, 4.69) is 151 Å². The summed E-state index contributed by atoms with van der Waals surface area (Å²) in [7, 11) is -1.38. The summed E-state index contributed by atoms with van der Waals surface area (Å²) >= 11 is -2.35. The molecule has 0 fully saturated rings. The van der Waals surface area contributed by atoms with Crippen LogP contribution in [-0.2, 0) is 38.5 Å². The molecule has 1 atom stereocenters. The van der Waals surface area contributed by atoms with Crippen LogP contribution >= 0.6 is 0 Å². The van der Waals surface area contributed by atoms with Crippen LogP contribution in [0.15, 0.2) is 87.4 Å². The van der Waals surface area contributed by atoms with Gasteiger partial charge in [-0.15, -0.1) is 0 Å². The van der Waals surface area contributed by atoms with Crippen LogP contribution in [-0.4, -0.2) is 11.8 Å². The van der Waals surface area contributed by atoms with Crippen LogP contribution in [0, 0.1) is 5.92 Å². The standard InChI is InChI=1S/C21H25.C9H15Si.C8H8.2ClH.Zr/c1-20(2,3)16-9-7-14-11-15-8-10-17(21(4,5)6)13-19(15)18(14)12-16;1-8-5-6-9(7-8)10(2,3)4;1-2-8-6-4-3-5-7-8;;;/h7-13H,1-6H3;6-8H,1-4H3;1,3-7H,2H2;2*1H;/q;;;;;+2/p-2. The Bertz CT molecular complexity index is 1460. The smallest absolute Gasteiger partial charge is 1.00 e. The van der Waals surface area contributed by atoms with E-state index in [1.807, 2.05) is 0 Å². The molecule has 0 saturated heterocycles. The largest absolute Gasteiger partial charge is 1.00 e. The van der Waals surface area contributed by atoms with Gasteiger partial charge in [0, 0.05) is 0 Å². The molecule has 0 aromatic heterocycles. The number of fused-ring (bicyclic) bond motifs is 3. The minimum atomic E-state index is -2.35. The van der Waals surface area contributed by atoms with Crippen molar-refractivity contribution in [3.05, 3.63) is 115 Å². The van der Waals surface area contributed by atoms with Crippen LogP contribution in [0.1, 0.15) is 79.9 Å². The topological polar surface area (TPSA) is 0 Å². The van der Waals surface area contributed by atoms with Gasteiger partial charge in [-0.3, -0.25) is 0 Å². The molecule has 2 aliphatic carbocycles. The Kier molecular flexibility index (Phi) is 10.9. The second-order valence-corrected chi connectivity index (χ2v) is 26.3. The van der Waals surface area contributed by atoms with Crippen molar-refractivity contribution in [2.75, 3.05) is 0 Å². The van der Waals surface area contributed by atoms with Crippen molar-refractivity contribution in [1.29, 1.82) is 0 Å². The van der Waals surface area contributed by atoms with Crippen LogP contribution in [0.4, 0.5) is 0 Å². The average Bonchev–Trinajstić information content (AvgIpc) is 3.42. The SMILES string of the molecule is CC1C=C([Si](C)(C)C)C=[C]1/[Zr+2](=[CH]/Cc1ccccc1)[CH]1c2ccc(C(C)(C)C)cc2-c2cc(C(C)(C)C)ccc21.[Cl-].[Cl-]. The Morgan fingerprint density at radius 2 is 1.24 bits per heavy atom. The van der Waals surface area contributed by atoms with E-state index in [-0.39, 0.29) is 35.6 Å². The molecule has 0 amide bonds. The van der Waals surface area contributed by atoms with Gasteiger partial charge in [-0.1, -0.05) is 0 Å². The maximum Gasteiger partial charge on any atom is -1.00 e. The first-order valence-electron chi connectivity index (χ1n) is 15.1. The molecule has 0 nitrogen and oxygen atoms in total. The van der Waals surface area contributed by atoms with Gasteiger partial charge in [0.25, 0.3) is 0 Å². The summed E-state index contributed by atoms with van der Waals surface area (Å²) < 4.78 is 5.15. The predicted octanol–water partition coefficient (Wildman–Crippen LogP) is 4.36. The van der Waals surface area contributed by atoms with Crippen molar-refractivity contribution in [3.63, 3.8) is 0 Å². The molecule has 0 saturated carbocycles. The number of rotatable bonds is 5. The van der Waals surface area contributed by atoms with Gasteiger partial charge in [0.15, 0.2) is 0 Å². The molecule has 3 aromatic carbocycles. The Labute approximate surface area is 277 Å². The van der Waals surface area contributed by atoms with Crippen LogP contribution in [0.2, 0.25) is 19.6 Å². The summed E-state index contributed by atoms with van der Waals surface area (Å²) in [5.41, 5.74) is 10.7. The average molecular weight is 695 g/mol. The third kappa shape index (κ3) is 7.15. The second kappa shape index (κ2) is 13.0. The molecule has 0 spiro atoms. The van der Waals surface area contributed by atoms with Gasteiger partial charge < -0.3 is 24.8 Å². The van der Waals surface area contributed by atoms with Crippen LogP contribution in [0.5, 0.6) is 0 Å². The van der Waals surface area contributed by atoms with E-state index in [9.17, 15) is 0 Å². The molecule has 42 heavy (non-hydrogen) atoms. The Morgan fingerprint density at radius 3 is 1.67 bits per heavy atom. The number of hydrogen-bond donors (Lipinski definition) is 0. The van der Waals surface area contributed by atoms with E-state index in [0.29, 0.717) is 9.54 Å². The first kappa shape index (κ1) is 35.2. The molecule has 0 radical (unpaired) electrons. The van der Waals surface area contributed by atoms with E-state index < -0.39 is 29.3 Å². The molecule has 1 unspecified atom stereocenters. The Hall–Kier alpha value is -1.31. The van der Waals surface area contributed by atoms with Gasteiger partial charge in [0.05, 0.1) is 0 Å². The zero-order valence-electron chi connectivity index (χ0n) is 27.2. The fourth-order valence-corrected chi connectivity index (χ4v) is 16.2. The van der Waals surface area contributed by atoms with Gasteiger partial charge in [-0.05, 0) is 0 Å². The first-order valence-corrected chi connectivity index (χ1v) is 22.7. The van der Waals surface area contributed by atoms with Gasteiger partial charge in [-0.25, -0.2) is 0 Å². The number of benzene rings is 3. The predicted molar refractivity (Wildman–Crippen MR) is 176 cm³/mol. The fourth-order valence-electron chi connectivity index (χ4n) is 6.28. The first-order chi connectivity index (χ1) is 18.6. The zero-order valence-corrected chi connectivity index (χ0v) is 32.2. The van der Waals surface area contributed by atoms with Crippen molar-refractivity contribution in [1.82, 2.24) is 0 Å². The third-order valence-corrected chi connectivity index (χ3v) is 18.7. The van der Waals surface area contributed by atoms with Gasteiger partial charge >= 0.3 is 254 Å². The second-order valence-electron chi connectivity index (χ2n) is 15.1. The molecule has 5 rings (SSSR count). The minimum absolute atomic E-state index is 0. The zero-order chi connectivity index (χ0) is 29.0. The van der Waals surface area contributed by atoms with Crippen molar-refractivity contribution in [2.24, 2.45) is 5.92 Å². The third-order valence-electron chi connectivity index (χ3n) is 8.89.